The Kier molecular flexibility index (Phi) is 2.24. The van der Waals surface area contributed by atoms with Crippen LogP contribution in [0.15, 0.2) is 0 Å². The van der Waals surface area contributed by atoms with Gasteiger partial charge in [-0.15, -0.1) is 0 Å². The molecule has 0 aromatic rings. The third-order valence-electron chi connectivity index (χ3n) is 3.70. The van der Waals surface area contributed by atoms with Crippen LogP contribution >= 0.6 is 0 Å². The van der Waals surface area contributed by atoms with Crippen molar-refractivity contribution >= 4 is 11.8 Å². The minimum absolute atomic E-state index is 0.00178. The molecule has 2 amide bonds. The minimum Gasteiger partial charge on any atom is -0.342 e. The van der Waals surface area contributed by atoms with E-state index in [0.717, 1.165) is 12.8 Å². The molecule has 84 valence electrons. The lowest BCUT2D eigenvalue weighted by molar-refractivity contribution is -0.138. The van der Waals surface area contributed by atoms with E-state index in [9.17, 15) is 9.59 Å². The van der Waals surface area contributed by atoms with Crippen LogP contribution in [-0.4, -0.2) is 35.3 Å². The van der Waals surface area contributed by atoms with Crippen LogP contribution in [0.4, 0.5) is 0 Å². The summed E-state index contributed by atoms with van der Waals surface area (Å²) in [6, 6.07) is -0.00178. The zero-order valence-corrected chi connectivity index (χ0v) is 9.54. The molecule has 1 N–H and O–H groups in total. The second kappa shape index (κ2) is 3.22. The molecule has 2 fully saturated rings. The third-order valence-corrected chi connectivity index (χ3v) is 3.70. The number of nitrogens with zero attached hydrogens (tertiary/aromatic N) is 1. The molecule has 1 aliphatic carbocycles. The fraction of sp³-hybridized carbons (Fsp3) is 0.818. The SMILES string of the molecule is CC1CC(=O)NC(C)(C2CC2)C(=O)N1C. The Morgan fingerprint density at radius 2 is 2.00 bits per heavy atom. The molecule has 0 aromatic heterocycles. The standard InChI is InChI=1S/C11H18N2O2/c1-7-6-9(14)12-11(2,8-4-5-8)10(15)13(7)3/h7-8H,4-6H2,1-3H3,(H,12,14). The molecule has 0 bridgehead atoms. The van der Waals surface area contributed by atoms with E-state index in [1.165, 1.54) is 0 Å². The lowest BCUT2D eigenvalue weighted by Gasteiger charge is -2.31. The van der Waals surface area contributed by atoms with Gasteiger partial charge < -0.3 is 10.2 Å². The Balaban J connectivity index is 2.29. The van der Waals surface area contributed by atoms with Gasteiger partial charge in [-0.05, 0) is 32.6 Å². The first kappa shape index (κ1) is 10.5. The van der Waals surface area contributed by atoms with Crippen LogP contribution < -0.4 is 5.32 Å². The molecule has 2 atom stereocenters. The first-order valence-electron chi connectivity index (χ1n) is 5.53. The number of nitrogens with one attached hydrogen (secondary N) is 1. The Morgan fingerprint density at radius 1 is 1.40 bits per heavy atom. The molecule has 1 heterocycles. The highest BCUT2D eigenvalue weighted by atomic mass is 16.2. The Labute approximate surface area is 90.0 Å². The molecule has 1 saturated carbocycles. The number of amides is 2. The Morgan fingerprint density at radius 3 is 2.53 bits per heavy atom. The number of hydrogen-bond donors (Lipinski definition) is 1. The van der Waals surface area contributed by atoms with Gasteiger partial charge in [0, 0.05) is 19.5 Å². The molecular formula is C11H18N2O2. The summed E-state index contributed by atoms with van der Waals surface area (Å²) >= 11 is 0. The average Bonchev–Trinajstić information content (AvgIpc) is 2.96. The van der Waals surface area contributed by atoms with Gasteiger partial charge in [-0.3, -0.25) is 9.59 Å². The highest BCUT2D eigenvalue weighted by molar-refractivity contribution is 5.94. The molecule has 2 aliphatic rings. The summed E-state index contributed by atoms with van der Waals surface area (Å²) in [4.78, 5) is 25.6. The van der Waals surface area contributed by atoms with Gasteiger partial charge in [-0.25, -0.2) is 0 Å². The van der Waals surface area contributed by atoms with E-state index in [0.29, 0.717) is 12.3 Å². The monoisotopic (exact) mass is 210 g/mol. The van der Waals surface area contributed by atoms with Gasteiger partial charge in [0.15, 0.2) is 0 Å². The van der Waals surface area contributed by atoms with Crippen LogP contribution in [0, 0.1) is 5.92 Å². The highest BCUT2D eigenvalue weighted by Crippen LogP contribution is 2.41. The van der Waals surface area contributed by atoms with E-state index in [2.05, 4.69) is 5.32 Å². The largest absolute Gasteiger partial charge is 0.342 e. The van der Waals surface area contributed by atoms with Crippen molar-refractivity contribution in [3.05, 3.63) is 0 Å². The lowest BCUT2D eigenvalue weighted by Crippen LogP contribution is -2.56. The van der Waals surface area contributed by atoms with Crippen molar-refractivity contribution in [2.24, 2.45) is 5.92 Å². The maximum atomic E-state index is 12.2. The molecule has 2 unspecified atom stereocenters. The molecule has 1 saturated heterocycles. The maximum Gasteiger partial charge on any atom is 0.248 e. The maximum absolute atomic E-state index is 12.2. The van der Waals surface area contributed by atoms with Gasteiger partial charge in [-0.1, -0.05) is 0 Å². The van der Waals surface area contributed by atoms with Gasteiger partial charge in [0.1, 0.15) is 5.54 Å². The number of carbonyl (C=O) groups excluding carboxylic acids is 2. The van der Waals surface area contributed by atoms with E-state index in [4.69, 9.17) is 0 Å². The summed E-state index contributed by atoms with van der Waals surface area (Å²) < 4.78 is 0. The van der Waals surface area contributed by atoms with Gasteiger partial charge >= 0.3 is 0 Å². The number of likely N-dealkylation sites (N-methyl/N-ethyl adjacent to an activating group) is 1. The Bertz CT molecular complexity index is 312. The molecule has 4 nitrogen and oxygen atoms in total. The molecule has 0 aromatic carbocycles. The summed E-state index contributed by atoms with van der Waals surface area (Å²) in [6.45, 7) is 3.77. The summed E-state index contributed by atoms with van der Waals surface area (Å²) in [6.07, 6.45) is 2.50. The van der Waals surface area contributed by atoms with E-state index in [1.807, 2.05) is 13.8 Å². The van der Waals surface area contributed by atoms with Crippen LogP contribution in [-0.2, 0) is 9.59 Å². The van der Waals surface area contributed by atoms with Crippen molar-refractivity contribution in [3.8, 4) is 0 Å². The first-order valence-corrected chi connectivity index (χ1v) is 5.53. The molecule has 0 spiro atoms. The quantitative estimate of drug-likeness (QED) is 0.686. The summed E-state index contributed by atoms with van der Waals surface area (Å²) in [5.41, 5.74) is -0.656. The zero-order chi connectivity index (χ0) is 11.2. The smallest absolute Gasteiger partial charge is 0.248 e. The molecular weight excluding hydrogens is 192 g/mol. The van der Waals surface area contributed by atoms with Crippen LogP contribution in [0.1, 0.15) is 33.1 Å². The van der Waals surface area contributed by atoms with Crippen molar-refractivity contribution < 1.29 is 9.59 Å². The molecule has 1 aliphatic heterocycles. The number of hydrogen-bond acceptors (Lipinski definition) is 2. The second-order valence-corrected chi connectivity index (χ2v) is 4.99. The predicted octanol–water partition coefficient (Wildman–Crippen LogP) is 0.522. The lowest BCUT2D eigenvalue weighted by atomic mass is 9.94. The van der Waals surface area contributed by atoms with E-state index < -0.39 is 5.54 Å². The van der Waals surface area contributed by atoms with E-state index >= 15 is 0 Å². The second-order valence-electron chi connectivity index (χ2n) is 4.99. The summed E-state index contributed by atoms with van der Waals surface area (Å²) in [7, 11) is 1.79. The van der Waals surface area contributed by atoms with Crippen LogP contribution in [0.2, 0.25) is 0 Å². The van der Waals surface area contributed by atoms with Crippen LogP contribution in [0.5, 0.6) is 0 Å². The first-order chi connectivity index (χ1) is 6.95. The van der Waals surface area contributed by atoms with Gasteiger partial charge in [0.05, 0.1) is 0 Å². The fourth-order valence-electron chi connectivity index (χ4n) is 2.30. The van der Waals surface area contributed by atoms with Gasteiger partial charge in [0.25, 0.3) is 0 Å². The Hall–Kier alpha value is -1.06. The van der Waals surface area contributed by atoms with E-state index in [-0.39, 0.29) is 17.9 Å². The van der Waals surface area contributed by atoms with Crippen molar-refractivity contribution in [1.82, 2.24) is 10.2 Å². The summed E-state index contributed by atoms with van der Waals surface area (Å²) in [5.74, 6) is 0.389. The van der Waals surface area contributed by atoms with Gasteiger partial charge in [0.2, 0.25) is 11.8 Å². The predicted molar refractivity (Wildman–Crippen MR) is 56.1 cm³/mol. The van der Waals surface area contributed by atoms with Crippen molar-refractivity contribution in [2.75, 3.05) is 7.05 Å². The van der Waals surface area contributed by atoms with E-state index in [1.54, 1.807) is 11.9 Å². The fourth-order valence-corrected chi connectivity index (χ4v) is 2.30. The normalized spacial score (nSPS) is 37.5. The van der Waals surface area contributed by atoms with Crippen molar-refractivity contribution in [1.29, 1.82) is 0 Å². The third kappa shape index (κ3) is 1.62. The van der Waals surface area contributed by atoms with Crippen molar-refractivity contribution in [2.45, 2.75) is 44.7 Å². The molecule has 2 rings (SSSR count). The molecule has 4 heteroatoms. The average molecular weight is 210 g/mol. The topological polar surface area (TPSA) is 49.4 Å². The van der Waals surface area contributed by atoms with Crippen LogP contribution in [0.3, 0.4) is 0 Å². The van der Waals surface area contributed by atoms with Crippen molar-refractivity contribution in [3.63, 3.8) is 0 Å². The number of rotatable bonds is 1. The van der Waals surface area contributed by atoms with Crippen LogP contribution in [0.25, 0.3) is 0 Å². The molecule has 0 radical (unpaired) electrons. The van der Waals surface area contributed by atoms with Gasteiger partial charge in [-0.2, -0.15) is 0 Å². The number of carbonyl (C=O) groups is 2. The minimum atomic E-state index is -0.656. The molecule has 15 heavy (non-hydrogen) atoms. The highest BCUT2D eigenvalue weighted by Gasteiger charge is 2.51. The zero-order valence-electron chi connectivity index (χ0n) is 9.54. The summed E-state index contributed by atoms with van der Waals surface area (Å²) in [5, 5.41) is 2.90.